The quantitative estimate of drug-likeness (QED) is 0.230. The first-order valence-electron chi connectivity index (χ1n) is 19.1. The molecule has 54 heavy (non-hydrogen) atoms. The molecule has 2 N–H and O–H groups in total. The molecular weight excluding hydrogens is 702 g/mol. The molecule has 5 rings (SSSR count). The van der Waals surface area contributed by atoms with Gasteiger partial charge in [0.2, 0.25) is 11.8 Å². The molecule has 2 saturated carbocycles. The highest BCUT2D eigenvalue weighted by Crippen LogP contribution is 2.37. The van der Waals surface area contributed by atoms with Crippen molar-refractivity contribution in [2.45, 2.75) is 118 Å². The van der Waals surface area contributed by atoms with Gasteiger partial charge in [-0.1, -0.05) is 13.8 Å². The molecule has 1 saturated heterocycles. The van der Waals surface area contributed by atoms with Gasteiger partial charge >= 0.3 is 11.9 Å². The number of hydrogen-bond acceptors (Lipinski definition) is 8. The zero-order valence-electron chi connectivity index (χ0n) is 32.5. The number of carbonyl (C=O) groups excluding carboxylic acids is 3. The number of methoxy groups -OCH3 is 1. The summed E-state index contributed by atoms with van der Waals surface area (Å²) in [5.74, 6) is -3.61. The summed E-state index contributed by atoms with van der Waals surface area (Å²) in [7, 11) is 1.20. The molecule has 1 unspecified atom stereocenters. The zero-order chi connectivity index (χ0) is 39.9. The number of carboxylic acid groups (broad SMARTS) is 1. The zero-order valence-corrected chi connectivity index (χ0v) is 32.5. The molecule has 0 spiro atoms. The van der Waals surface area contributed by atoms with Crippen molar-refractivity contribution in [3.63, 3.8) is 0 Å². The van der Waals surface area contributed by atoms with Crippen LogP contribution in [0.2, 0.25) is 0 Å². The van der Waals surface area contributed by atoms with E-state index in [1.54, 1.807) is 0 Å². The van der Waals surface area contributed by atoms with Crippen LogP contribution in [0.3, 0.4) is 0 Å². The number of ether oxygens (including phenoxy) is 3. The number of hydrogen-bond donors (Lipinski definition) is 2. The Kier molecular flexibility index (Phi) is 14.8. The largest absolute Gasteiger partial charge is 0.505 e. The van der Waals surface area contributed by atoms with E-state index >= 15 is 0 Å². The maximum atomic E-state index is 14.8. The molecule has 1 atom stereocenters. The Morgan fingerprint density at radius 1 is 0.741 bits per heavy atom. The molecule has 1 heterocycles. The Morgan fingerprint density at radius 3 is 1.65 bits per heavy atom. The van der Waals surface area contributed by atoms with Crippen molar-refractivity contribution in [3.8, 4) is 11.5 Å². The Labute approximate surface area is 316 Å². The lowest BCUT2D eigenvalue weighted by atomic mass is 9.82. The predicted octanol–water partition coefficient (Wildman–Crippen LogP) is 8.14. The molecule has 298 valence electrons. The number of nitrogens with zero attached hydrogens (tertiary/aromatic N) is 2. The normalized spacial score (nSPS) is 22.6. The molecule has 11 nitrogen and oxygen atoms in total. The second-order valence-electron chi connectivity index (χ2n) is 15.5. The number of halogens is 2. The first kappa shape index (κ1) is 42.5. The van der Waals surface area contributed by atoms with E-state index < -0.39 is 29.3 Å². The average Bonchev–Trinajstić information content (AvgIpc) is 3.64. The molecular formula is C41H56F2N2O9. The second kappa shape index (κ2) is 18.9. The van der Waals surface area contributed by atoms with E-state index in [4.69, 9.17) is 14.2 Å². The Morgan fingerprint density at radius 2 is 1.22 bits per heavy atom. The van der Waals surface area contributed by atoms with Gasteiger partial charge in [0.05, 0.1) is 42.8 Å². The summed E-state index contributed by atoms with van der Waals surface area (Å²) >= 11 is 0. The fourth-order valence-corrected chi connectivity index (χ4v) is 7.52. The minimum absolute atomic E-state index is 0.0207. The van der Waals surface area contributed by atoms with E-state index in [9.17, 15) is 38.2 Å². The van der Waals surface area contributed by atoms with Gasteiger partial charge in [-0.3, -0.25) is 9.59 Å². The summed E-state index contributed by atoms with van der Waals surface area (Å²) in [6, 6.07) is 3.80. The summed E-state index contributed by atoms with van der Waals surface area (Å²) in [5, 5.41) is 19.4. The van der Waals surface area contributed by atoms with Crippen LogP contribution in [0, 0.1) is 35.3 Å². The minimum Gasteiger partial charge on any atom is -0.505 e. The topological polar surface area (TPSA) is 143 Å². The van der Waals surface area contributed by atoms with Crippen molar-refractivity contribution in [1.82, 2.24) is 0 Å². The van der Waals surface area contributed by atoms with Crippen LogP contribution in [0.4, 0.5) is 20.2 Å². The molecule has 3 aliphatic rings. The van der Waals surface area contributed by atoms with Crippen molar-refractivity contribution in [2.75, 3.05) is 30.1 Å². The van der Waals surface area contributed by atoms with E-state index in [1.165, 1.54) is 23.0 Å². The van der Waals surface area contributed by atoms with Gasteiger partial charge in [0.25, 0.3) is 0 Å². The maximum Gasteiger partial charge on any atom is 0.340 e. The third-order valence-electron chi connectivity index (χ3n) is 10.7. The van der Waals surface area contributed by atoms with Crippen molar-refractivity contribution in [3.05, 3.63) is 47.0 Å². The van der Waals surface area contributed by atoms with Crippen LogP contribution in [0.25, 0.3) is 0 Å². The van der Waals surface area contributed by atoms with Crippen molar-refractivity contribution < 1.29 is 52.4 Å². The summed E-state index contributed by atoms with van der Waals surface area (Å²) < 4.78 is 44.4. The highest BCUT2D eigenvalue weighted by atomic mass is 19.1. The molecule has 3 fully saturated rings. The van der Waals surface area contributed by atoms with Gasteiger partial charge in [-0.15, -0.1) is 0 Å². The Balaban J connectivity index is 0.000000244. The first-order valence-corrected chi connectivity index (χ1v) is 19.1. The number of carboxylic acids is 1. The molecule has 2 aromatic rings. The fourth-order valence-electron chi connectivity index (χ4n) is 7.52. The predicted molar refractivity (Wildman–Crippen MR) is 200 cm³/mol. The second-order valence-corrected chi connectivity index (χ2v) is 15.5. The molecule has 0 radical (unpaired) electrons. The van der Waals surface area contributed by atoms with Crippen LogP contribution in [-0.2, 0) is 19.1 Å². The van der Waals surface area contributed by atoms with Gasteiger partial charge in [-0.05, 0) is 103 Å². The number of anilines is 2. The minimum atomic E-state index is -1.22. The molecule has 1 aliphatic heterocycles. The van der Waals surface area contributed by atoms with Crippen molar-refractivity contribution in [1.29, 1.82) is 0 Å². The number of carbonyl (C=O) groups is 4. The van der Waals surface area contributed by atoms with Gasteiger partial charge < -0.3 is 34.2 Å². The van der Waals surface area contributed by atoms with E-state index in [2.05, 4.69) is 13.8 Å². The van der Waals surface area contributed by atoms with E-state index in [0.29, 0.717) is 31.5 Å². The van der Waals surface area contributed by atoms with Crippen LogP contribution < -0.4 is 14.5 Å². The van der Waals surface area contributed by atoms with Crippen molar-refractivity contribution in [2.24, 2.45) is 23.7 Å². The van der Waals surface area contributed by atoms with Gasteiger partial charge in [0, 0.05) is 42.5 Å². The maximum absolute atomic E-state index is 14.8. The van der Waals surface area contributed by atoms with Crippen LogP contribution in [0.5, 0.6) is 11.5 Å². The fraction of sp³-hybridized carbons (Fsp3) is 0.610. The van der Waals surface area contributed by atoms with Gasteiger partial charge in [-0.25, -0.2) is 18.4 Å². The molecule has 0 aromatic heterocycles. The molecule has 0 bridgehead atoms. The van der Waals surface area contributed by atoms with Crippen LogP contribution in [0.1, 0.15) is 120 Å². The number of aromatic carboxylic acids is 1. The lowest BCUT2D eigenvalue weighted by Gasteiger charge is -2.34. The summed E-state index contributed by atoms with van der Waals surface area (Å²) in [6.07, 6.45) is 7.36. The Bertz CT molecular complexity index is 1640. The van der Waals surface area contributed by atoms with E-state index in [1.807, 2.05) is 27.7 Å². The number of aromatic hydroxyl groups is 1. The monoisotopic (exact) mass is 758 g/mol. The number of phenols is 1. The van der Waals surface area contributed by atoms with Gasteiger partial charge in [-0.2, -0.15) is 0 Å². The SMILES string of the molecule is CC1CCC(C(=O)N(c2cc(F)c(OC3CCOC3)cc2C(=O)O)C(C)C)CC1.COC(=O)c1cc(O)c(F)cc1N(C(=O)C1CCC(C)CC1)C(C)C. The molecule has 2 amide bonds. The van der Waals surface area contributed by atoms with Crippen molar-refractivity contribution >= 4 is 35.1 Å². The standard InChI is InChI=1S/C22H30FNO5.C19H26FNO4/c1-13(2)24(21(25)15-6-4-14(3)5-7-15)19-11-18(23)20(10-17(19)22(26)27)29-16-8-9-28-12-16;1-11(2)21(18(23)13-7-5-12(3)6-8-13)16-10-15(20)17(22)9-14(16)19(24)25-4/h10-11,13-16H,4-9,12H2,1-3H3,(H,26,27);9-13,22H,5-8H2,1-4H3. The molecule has 2 aliphatic carbocycles. The number of phenolic OH excluding ortho intramolecular Hbond substituents is 1. The first-order chi connectivity index (χ1) is 25.5. The lowest BCUT2D eigenvalue weighted by Crippen LogP contribution is -2.43. The summed E-state index contributed by atoms with van der Waals surface area (Å²) in [4.78, 5) is 53.3. The smallest absolute Gasteiger partial charge is 0.340 e. The summed E-state index contributed by atoms with van der Waals surface area (Å²) in [5.41, 5.74) is 0.0728. The highest BCUT2D eigenvalue weighted by molar-refractivity contribution is 6.04. The molecule has 13 heteroatoms. The van der Waals surface area contributed by atoms with Gasteiger partial charge in [0.15, 0.2) is 23.1 Å². The Hall–Kier alpha value is -4.26. The number of amides is 2. The van der Waals surface area contributed by atoms with Gasteiger partial charge in [0.1, 0.15) is 6.10 Å². The average molecular weight is 759 g/mol. The third kappa shape index (κ3) is 10.3. The highest BCUT2D eigenvalue weighted by Gasteiger charge is 2.35. The number of benzene rings is 2. The number of rotatable bonds is 10. The number of esters is 1. The van der Waals surface area contributed by atoms with E-state index in [-0.39, 0.29) is 70.1 Å². The third-order valence-corrected chi connectivity index (χ3v) is 10.7. The lowest BCUT2D eigenvalue weighted by molar-refractivity contribution is -0.124. The van der Waals surface area contributed by atoms with Crippen LogP contribution >= 0.6 is 0 Å². The molecule has 2 aromatic carbocycles. The summed E-state index contributed by atoms with van der Waals surface area (Å²) in [6.45, 7) is 12.5. The van der Waals surface area contributed by atoms with Crippen LogP contribution in [-0.4, -0.2) is 72.5 Å². The van der Waals surface area contributed by atoms with E-state index in [0.717, 1.165) is 69.6 Å². The van der Waals surface area contributed by atoms with Crippen LogP contribution in [0.15, 0.2) is 24.3 Å².